The molecular formula is C15H27N3O. The van der Waals surface area contributed by atoms with Crippen LogP contribution in [0.2, 0.25) is 0 Å². The van der Waals surface area contributed by atoms with Gasteiger partial charge < -0.3 is 15.5 Å². The van der Waals surface area contributed by atoms with E-state index in [-0.39, 0.29) is 11.9 Å². The van der Waals surface area contributed by atoms with Crippen LogP contribution in [-0.4, -0.2) is 49.1 Å². The second-order valence-electron chi connectivity index (χ2n) is 6.48. The molecule has 2 N–H and O–H groups in total. The first-order chi connectivity index (χ1) is 9.33. The van der Waals surface area contributed by atoms with Crippen molar-refractivity contribution in [3.63, 3.8) is 0 Å². The van der Waals surface area contributed by atoms with Crippen LogP contribution in [0.1, 0.15) is 44.9 Å². The summed E-state index contributed by atoms with van der Waals surface area (Å²) in [5, 5.41) is 6.55. The Morgan fingerprint density at radius 2 is 2.05 bits per heavy atom. The van der Waals surface area contributed by atoms with E-state index in [9.17, 15) is 4.79 Å². The van der Waals surface area contributed by atoms with Crippen molar-refractivity contribution in [2.75, 3.05) is 26.2 Å². The molecule has 1 amide bonds. The lowest BCUT2D eigenvalue weighted by atomic mass is 10.1. The molecular weight excluding hydrogens is 238 g/mol. The number of carbonyl (C=O) groups is 1. The second kappa shape index (κ2) is 6.23. The number of hydrogen-bond acceptors (Lipinski definition) is 3. The molecule has 2 atom stereocenters. The van der Waals surface area contributed by atoms with Gasteiger partial charge in [0.05, 0.1) is 6.04 Å². The summed E-state index contributed by atoms with van der Waals surface area (Å²) < 4.78 is 0. The van der Waals surface area contributed by atoms with Crippen molar-refractivity contribution in [3.05, 3.63) is 0 Å². The lowest BCUT2D eigenvalue weighted by Gasteiger charge is -2.18. The summed E-state index contributed by atoms with van der Waals surface area (Å²) in [5.74, 6) is 0.905. The van der Waals surface area contributed by atoms with Crippen LogP contribution in [0.4, 0.5) is 0 Å². The highest BCUT2D eigenvalue weighted by Crippen LogP contribution is 2.31. The maximum absolute atomic E-state index is 12.1. The molecule has 4 heteroatoms. The Balaban J connectivity index is 1.37. The Morgan fingerprint density at radius 3 is 2.89 bits per heavy atom. The molecule has 2 unspecified atom stereocenters. The third-order valence-electron chi connectivity index (χ3n) is 4.82. The predicted molar refractivity (Wildman–Crippen MR) is 76.0 cm³/mol. The molecule has 0 aromatic heterocycles. The van der Waals surface area contributed by atoms with E-state index in [1.54, 1.807) is 0 Å². The molecule has 1 saturated carbocycles. The van der Waals surface area contributed by atoms with E-state index in [1.807, 2.05) is 0 Å². The van der Waals surface area contributed by atoms with Gasteiger partial charge in [-0.05, 0) is 51.1 Å². The molecule has 2 saturated heterocycles. The van der Waals surface area contributed by atoms with Crippen molar-refractivity contribution in [2.24, 2.45) is 5.92 Å². The standard InChI is InChI=1S/C15H27N3O/c19-15(14-4-2-1-3-8-16-14)17-10-12-7-9-18(11-12)13-5-6-13/h12-14,16H,1-11H2,(H,17,19). The number of rotatable bonds is 4. The number of amides is 1. The zero-order valence-electron chi connectivity index (χ0n) is 11.9. The van der Waals surface area contributed by atoms with Gasteiger partial charge in [0.15, 0.2) is 0 Å². The SMILES string of the molecule is O=C(NCC1CCN(C2CC2)C1)C1CCCCCN1. The van der Waals surface area contributed by atoms with Crippen LogP contribution in [-0.2, 0) is 4.79 Å². The van der Waals surface area contributed by atoms with Crippen molar-refractivity contribution in [3.8, 4) is 0 Å². The van der Waals surface area contributed by atoms with Crippen LogP contribution in [0.5, 0.6) is 0 Å². The van der Waals surface area contributed by atoms with Crippen LogP contribution >= 0.6 is 0 Å². The lowest BCUT2D eigenvalue weighted by molar-refractivity contribution is -0.123. The van der Waals surface area contributed by atoms with Gasteiger partial charge in [0.1, 0.15) is 0 Å². The fourth-order valence-electron chi connectivity index (χ4n) is 3.42. The molecule has 0 aromatic rings. The zero-order valence-corrected chi connectivity index (χ0v) is 11.9. The van der Waals surface area contributed by atoms with Crippen LogP contribution < -0.4 is 10.6 Å². The highest BCUT2D eigenvalue weighted by molar-refractivity contribution is 5.81. The average Bonchev–Trinajstić information content (AvgIpc) is 3.21. The molecule has 0 bridgehead atoms. The van der Waals surface area contributed by atoms with E-state index in [1.165, 1.54) is 51.6 Å². The monoisotopic (exact) mass is 265 g/mol. The van der Waals surface area contributed by atoms with Crippen molar-refractivity contribution in [1.29, 1.82) is 0 Å². The van der Waals surface area contributed by atoms with Crippen LogP contribution in [0.15, 0.2) is 0 Å². The highest BCUT2D eigenvalue weighted by atomic mass is 16.2. The van der Waals surface area contributed by atoms with Crippen molar-refractivity contribution < 1.29 is 4.79 Å². The van der Waals surface area contributed by atoms with Gasteiger partial charge >= 0.3 is 0 Å². The van der Waals surface area contributed by atoms with Gasteiger partial charge in [-0.2, -0.15) is 0 Å². The maximum atomic E-state index is 12.1. The smallest absolute Gasteiger partial charge is 0.237 e. The topological polar surface area (TPSA) is 44.4 Å². The van der Waals surface area contributed by atoms with Gasteiger partial charge in [0.25, 0.3) is 0 Å². The summed E-state index contributed by atoms with van der Waals surface area (Å²) in [6, 6.07) is 0.938. The summed E-state index contributed by atoms with van der Waals surface area (Å²) in [5.41, 5.74) is 0. The van der Waals surface area contributed by atoms with Gasteiger partial charge in [0, 0.05) is 19.1 Å². The Hall–Kier alpha value is -0.610. The summed E-state index contributed by atoms with van der Waals surface area (Å²) in [4.78, 5) is 14.8. The summed E-state index contributed by atoms with van der Waals surface area (Å²) in [6.07, 6.45) is 8.71. The molecule has 19 heavy (non-hydrogen) atoms. The third kappa shape index (κ3) is 3.69. The first-order valence-electron chi connectivity index (χ1n) is 8.08. The largest absolute Gasteiger partial charge is 0.354 e. The van der Waals surface area contributed by atoms with E-state index >= 15 is 0 Å². The summed E-state index contributed by atoms with van der Waals surface area (Å²) in [7, 11) is 0. The normalized spacial score (nSPS) is 33.1. The van der Waals surface area contributed by atoms with Crippen LogP contribution in [0, 0.1) is 5.92 Å². The first-order valence-corrected chi connectivity index (χ1v) is 8.08. The van der Waals surface area contributed by atoms with Gasteiger partial charge in [-0.1, -0.05) is 12.8 Å². The Labute approximate surface area is 116 Å². The molecule has 2 heterocycles. The first kappa shape index (κ1) is 13.4. The number of carbonyl (C=O) groups excluding carboxylic acids is 1. The summed E-state index contributed by atoms with van der Waals surface area (Å²) in [6.45, 7) is 4.31. The Bertz CT molecular complexity index is 309. The number of hydrogen-bond donors (Lipinski definition) is 2. The number of nitrogens with one attached hydrogen (secondary N) is 2. The van der Waals surface area contributed by atoms with E-state index in [2.05, 4.69) is 15.5 Å². The van der Waals surface area contributed by atoms with Crippen molar-refractivity contribution in [1.82, 2.24) is 15.5 Å². The van der Waals surface area contributed by atoms with Gasteiger partial charge in [-0.3, -0.25) is 4.79 Å². The average molecular weight is 265 g/mol. The molecule has 3 aliphatic rings. The quantitative estimate of drug-likeness (QED) is 0.800. The highest BCUT2D eigenvalue weighted by Gasteiger charge is 2.34. The van der Waals surface area contributed by atoms with Crippen LogP contribution in [0.3, 0.4) is 0 Å². The molecule has 3 rings (SSSR count). The minimum Gasteiger partial charge on any atom is -0.354 e. The number of nitrogens with zero attached hydrogens (tertiary/aromatic N) is 1. The van der Waals surface area contributed by atoms with Crippen molar-refractivity contribution in [2.45, 2.75) is 57.0 Å². The van der Waals surface area contributed by atoms with E-state index < -0.39 is 0 Å². The molecule has 3 fully saturated rings. The number of likely N-dealkylation sites (tertiary alicyclic amines) is 1. The molecule has 0 spiro atoms. The van der Waals surface area contributed by atoms with E-state index in [0.717, 1.165) is 25.6 Å². The predicted octanol–water partition coefficient (Wildman–Crippen LogP) is 1.12. The van der Waals surface area contributed by atoms with Gasteiger partial charge in [0.2, 0.25) is 5.91 Å². The minimum absolute atomic E-state index is 0.0587. The molecule has 0 radical (unpaired) electrons. The molecule has 108 valence electrons. The molecule has 1 aliphatic carbocycles. The fourth-order valence-corrected chi connectivity index (χ4v) is 3.42. The van der Waals surface area contributed by atoms with Gasteiger partial charge in [-0.25, -0.2) is 0 Å². The fraction of sp³-hybridized carbons (Fsp3) is 0.933. The van der Waals surface area contributed by atoms with E-state index in [0.29, 0.717) is 5.92 Å². The Kier molecular flexibility index (Phi) is 4.38. The van der Waals surface area contributed by atoms with E-state index in [4.69, 9.17) is 0 Å². The minimum atomic E-state index is 0.0587. The Morgan fingerprint density at radius 1 is 1.16 bits per heavy atom. The molecule has 2 aliphatic heterocycles. The zero-order chi connectivity index (χ0) is 13.1. The lowest BCUT2D eigenvalue weighted by Crippen LogP contribution is -2.45. The molecule has 0 aromatic carbocycles. The molecule has 4 nitrogen and oxygen atoms in total. The second-order valence-corrected chi connectivity index (χ2v) is 6.48. The maximum Gasteiger partial charge on any atom is 0.237 e. The van der Waals surface area contributed by atoms with Gasteiger partial charge in [-0.15, -0.1) is 0 Å². The third-order valence-corrected chi connectivity index (χ3v) is 4.82. The van der Waals surface area contributed by atoms with Crippen LogP contribution in [0.25, 0.3) is 0 Å². The van der Waals surface area contributed by atoms with Crippen molar-refractivity contribution >= 4 is 5.91 Å². The summed E-state index contributed by atoms with van der Waals surface area (Å²) >= 11 is 0.